The van der Waals surface area contributed by atoms with E-state index in [0.717, 1.165) is 38.2 Å². The molecule has 1 aliphatic rings. The maximum absolute atomic E-state index is 12.5. The van der Waals surface area contributed by atoms with Crippen molar-refractivity contribution in [3.63, 3.8) is 0 Å². The Morgan fingerprint density at radius 3 is 2.80 bits per heavy atom. The lowest BCUT2D eigenvalue weighted by Crippen LogP contribution is -2.45. The number of piperidine rings is 1. The van der Waals surface area contributed by atoms with E-state index in [0.29, 0.717) is 25.3 Å². The van der Waals surface area contributed by atoms with Crippen LogP contribution in [0.5, 0.6) is 5.75 Å². The predicted octanol–water partition coefficient (Wildman–Crippen LogP) is 1.75. The number of ether oxygens (including phenoxy) is 2. The molecule has 1 atom stereocenters. The largest absolute Gasteiger partial charge is 0.492 e. The van der Waals surface area contributed by atoms with Crippen LogP contribution in [0.2, 0.25) is 0 Å². The maximum Gasteiger partial charge on any atom is 0.226 e. The number of nitrogens with zero attached hydrogens (tertiary/aromatic N) is 3. The number of hydrogen-bond acceptors (Lipinski definition) is 5. The van der Waals surface area contributed by atoms with Gasteiger partial charge in [0.25, 0.3) is 0 Å². The monoisotopic (exact) mass is 345 g/mol. The Hall–Kier alpha value is -2.10. The predicted molar refractivity (Wildman–Crippen MR) is 95.3 cm³/mol. The smallest absolute Gasteiger partial charge is 0.226 e. The minimum atomic E-state index is 0.0607. The molecule has 6 nitrogen and oxygen atoms in total. The molecule has 1 heterocycles. The summed E-state index contributed by atoms with van der Waals surface area (Å²) in [7, 11) is 3.49. The lowest BCUT2D eigenvalue weighted by molar-refractivity contribution is -0.136. The van der Waals surface area contributed by atoms with E-state index < -0.39 is 0 Å². The molecule has 1 aromatic rings. The Labute approximate surface area is 149 Å². The number of benzene rings is 1. The van der Waals surface area contributed by atoms with Gasteiger partial charge in [0.1, 0.15) is 12.4 Å². The van der Waals surface area contributed by atoms with Crippen LogP contribution in [0.25, 0.3) is 0 Å². The zero-order valence-corrected chi connectivity index (χ0v) is 15.1. The highest BCUT2D eigenvalue weighted by atomic mass is 16.5. The third kappa shape index (κ3) is 6.04. The number of rotatable bonds is 8. The molecule has 0 saturated carbocycles. The van der Waals surface area contributed by atoms with E-state index in [1.807, 2.05) is 19.2 Å². The normalized spacial score (nSPS) is 17.7. The number of carbonyl (C=O) groups excluding carboxylic acids is 1. The van der Waals surface area contributed by atoms with Gasteiger partial charge in [-0.3, -0.25) is 9.69 Å². The number of hydrogen-bond donors (Lipinski definition) is 0. The first-order chi connectivity index (χ1) is 12.1. The van der Waals surface area contributed by atoms with Crippen molar-refractivity contribution in [2.24, 2.45) is 5.92 Å². The van der Waals surface area contributed by atoms with Gasteiger partial charge in [0.15, 0.2) is 0 Å². The second-order valence-electron chi connectivity index (χ2n) is 6.38. The molecule has 6 heteroatoms. The lowest BCUT2D eigenvalue weighted by Gasteiger charge is -2.33. The van der Waals surface area contributed by atoms with Crippen LogP contribution in [0.15, 0.2) is 24.3 Å². The fourth-order valence-electron chi connectivity index (χ4n) is 3.03. The summed E-state index contributed by atoms with van der Waals surface area (Å²) in [6.45, 7) is 4.36. The molecule has 136 valence electrons. The molecule has 25 heavy (non-hydrogen) atoms. The van der Waals surface area contributed by atoms with Crippen LogP contribution in [-0.2, 0) is 9.53 Å². The third-order valence-electron chi connectivity index (χ3n) is 4.52. The highest BCUT2D eigenvalue weighted by molar-refractivity contribution is 5.78. The van der Waals surface area contributed by atoms with Gasteiger partial charge in [0.2, 0.25) is 5.91 Å². The summed E-state index contributed by atoms with van der Waals surface area (Å²) < 4.78 is 10.8. The zero-order chi connectivity index (χ0) is 18.1. The molecule has 0 bridgehead atoms. The fraction of sp³-hybridized carbons (Fsp3) is 0.579. The van der Waals surface area contributed by atoms with Crippen LogP contribution >= 0.6 is 0 Å². The van der Waals surface area contributed by atoms with E-state index in [2.05, 4.69) is 11.0 Å². The minimum absolute atomic E-state index is 0.0607. The van der Waals surface area contributed by atoms with Gasteiger partial charge in [0, 0.05) is 33.8 Å². The standard InChI is InChI=1S/C19H27N3O3/c1-21(10-12-24-2)19(23)17-4-3-9-22(15-17)11-13-25-18-7-5-16(14-20)6-8-18/h5-8,17H,3-4,9-13,15H2,1-2H3/t17-/m1/s1. The molecule has 0 spiro atoms. The lowest BCUT2D eigenvalue weighted by atomic mass is 9.96. The molecule has 0 N–H and O–H groups in total. The van der Waals surface area contributed by atoms with Crippen molar-refractivity contribution in [1.29, 1.82) is 5.26 Å². The summed E-state index contributed by atoms with van der Waals surface area (Å²) >= 11 is 0. The van der Waals surface area contributed by atoms with Crippen molar-refractivity contribution in [3.8, 4) is 11.8 Å². The first-order valence-corrected chi connectivity index (χ1v) is 8.73. The van der Waals surface area contributed by atoms with E-state index in [4.69, 9.17) is 14.7 Å². The first kappa shape index (κ1) is 19.2. The number of nitriles is 1. The molecule has 0 radical (unpaired) electrons. The summed E-state index contributed by atoms with van der Waals surface area (Å²) in [5.41, 5.74) is 0.627. The van der Waals surface area contributed by atoms with Crippen molar-refractivity contribution >= 4 is 5.91 Å². The molecular formula is C19H27N3O3. The van der Waals surface area contributed by atoms with Gasteiger partial charge >= 0.3 is 0 Å². The molecular weight excluding hydrogens is 318 g/mol. The van der Waals surface area contributed by atoms with Crippen LogP contribution in [0.3, 0.4) is 0 Å². The molecule has 0 aromatic heterocycles. The van der Waals surface area contributed by atoms with Gasteiger partial charge in [-0.1, -0.05) is 0 Å². The van der Waals surface area contributed by atoms with E-state index in [9.17, 15) is 4.79 Å². The van der Waals surface area contributed by atoms with Crippen LogP contribution in [0, 0.1) is 17.2 Å². The SMILES string of the molecule is COCCN(C)C(=O)[C@@H]1CCCN(CCOc2ccc(C#N)cc2)C1. The number of methoxy groups -OCH3 is 1. The van der Waals surface area contributed by atoms with Gasteiger partial charge in [-0.15, -0.1) is 0 Å². The Morgan fingerprint density at radius 1 is 1.36 bits per heavy atom. The number of carbonyl (C=O) groups is 1. The molecule has 0 unspecified atom stereocenters. The first-order valence-electron chi connectivity index (χ1n) is 8.73. The highest BCUT2D eigenvalue weighted by Gasteiger charge is 2.27. The Morgan fingerprint density at radius 2 is 2.12 bits per heavy atom. The quantitative estimate of drug-likeness (QED) is 0.718. The zero-order valence-electron chi connectivity index (χ0n) is 15.1. The van der Waals surface area contributed by atoms with E-state index in [1.54, 1.807) is 24.1 Å². The van der Waals surface area contributed by atoms with E-state index in [1.165, 1.54) is 0 Å². The number of likely N-dealkylation sites (N-methyl/N-ethyl adjacent to an activating group) is 1. The van der Waals surface area contributed by atoms with Gasteiger partial charge in [-0.25, -0.2) is 0 Å². The summed E-state index contributed by atoms with van der Waals surface area (Å²) in [5.74, 6) is 1.03. The molecule has 0 aliphatic carbocycles. The van der Waals surface area contributed by atoms with Crippen LogP contribution in [-0.4, -0.2) is 69.3 Å². The van der Waals surface area contributed by atoms with E-state index in [-0.39, 0.29) is 11.8 Å². The highest BCUT2D eigenvalue weighted by Crippen LogP contribution is 2.18. The molecule has 2 rings (SSSR count). The topological polar surface area (TPSA) is 65.8 Å². The summed E-state index contributed by atoms with van der Waals surface area (Å²) in [5, 5.41) is 8.80. The van der Waals surface area contributed by atoms with Gasteiger partial charge in [-0.2, -0.15) is 5.26 Å². The summed E-state index contributed by atoms with van der Waals surface area (Å²) in [6, 6.07) is 9.22. The van der Waals surface area contributed by atoms with Gasteiger partial charge in [-0.05, 0) is 43.7 Å². The van der Waals surface area contributed by atoms with Gasteiger partial charge < -0.3 is 14.4 Å². The fourth-order valence-corrected chi connectivity index (χ4v) is 3.03. The average molecular weight is 345 g/mol. The van der Waals surface area contributed by atoms with Gasteiger partial charge in [0.05, 0.1) is 24.2 Å². The van der Waals surface area contributed by atoms with Crippen LogP contribution in [0.1, 0.15) is 18.4 Å². The molecule has 1 amide bonds. The van der Waals surface area contributed by atoms with Crippen LogP contribution in [0.4, 0.5) is 0 Å². The second-order valence-corrected chi connectivity index (χ2v) is 6.38. The number of amides is 1. The van der Waals surface area contributed by atoms with Crippen molar-refractivity contribution in [2.45, 2.75) is 12.8 Å². The Kier molecular flexibility index (Phi) is 7.71. The average Bonchev–Trinajstić information content (AvgIpc) is 2.66. The summed E-state index contributed by atoms with van der Waals surface area (Å²) in [4.78, 5) is 16.6. The second kappa shape index (κ2) is 10.0. The molecule has 1 saturated heterocycles. The Bertz CT molecular complexity index is 583. The molecule has 1 aromatic carbocycles. The van der Waals surface area contributed by atoms with Crippen molar-refractivity contribution < 1.29 is 14.3 Å². The van der Waals surface area contributed by atoms with E-state index >= 15 is 0 Å². The van der Waals surface area contributed by atoms with Crippen LogP contribution < -0.4 is 4.74 Å². The van der Waals surface area contributed by atoms with Crippen molar-refractivity contribution in [2.75, 3.05) is 53.6 Å². The maximum atomic E-state index is 12.5. The third-order valence-corrected chi connectivity index (χ3v) is 4.52. The van der Waals surface area contributed by atoms with Crippen molar-refractivity contribution in [1.82, 2.24) is 9.80 Å². The minimum Gasteiger partial charge on any atom is -0.492 e. The summed E-state index contributed by atoms with van der Waals surface area (Å²) in [6.07, 6.45) is 1.98. The molecule has 1 aliphatic heterocycles. The Balaban J connectivity index is 1.75. The van der Waals surface area contributed by atoms with Crippen molar-refractivity contribution in [3.05, 3.63) is 29.8 Å². The molecule has 1 fully saturated rings. The number of likely N-dealkylation sites (tertiary alicyclic amines) is 1.